The summed E-state index contributed by atoms with van der Waals surface area (Å²) < 4.78 is 38.5. The first kappa shape index (κ1) is 14.8. The molecule has 112 valence electrons. The van der Waals surface area contributed by atoms with E-state index in [0.29, 0.717) is 13.0 Å². The predicted molar refractivity (Wildman–Crippen MR) is 65.8 cm³/mol. The van der Waals surface area contributed by atoms with E-state index in [1.165, 1.54) is 4.90 Å². The van der Waals surface area contributed by atoms with E-state index in [1.54, 1.807) is 12.3 Å². The minimum atomic E-state index is -4.76. The molecule has 0 bridgehead atoms. The fourth-order valence-corrected chi connectivity index (χ4v) is 2.36. The topological polar surface area (TPSA) is 75.0 Å². The summed E-state index contributed by atoms with van der Waals surface area (Å²) in [6, 6.07) is 1.77. The molecule has 2 rings (SSSR count). The summed E-state index contributed by atoms with van der Waals surface area (Å²) in [7, 11) is 0. The minimum Gasteiger partial charge on any atom is -0.340 e. The van der Waals surface area contributed by atoms with Gasteiger partial charge in [0.05, 0.1) is 0 Å². The van der Waals surface area contributed by atoms with Crippen LogP contribution in [0.3, 0.4) is 0 Å². The predicted octanol–water partition coefficient (Wildman–Crippen LogP) is 1.40. The van der Waals surface area contributed by atoms with Gasteiger partial charge in [0, 0.05) is 30.9 Å². The monoisotopic (exact) mass is 290 g/mol. The average molecular weight is 290 g/mol. The Balaban J connectivity index is 2.11. The van der Waals surface area contributed by atoms with Crippen LogP contribution < -0.4 is 5.73 Å². The first-order chi connectivity index (χ1) is 9.23. The molecule has 0 saturated carbocycles. The zero-order valence-electron chi connectivity index (χ0n) is 11.1. The first-order valence-corrected chi connectivity index (χ1v) is 6.37. The van der Waals surface area contributed by atoms with Gasteiger partial charge in [0.15, 0.2) is 5.54 Å². The van der Waals surface area contributed by atoms with E-state index in [0.717, 1.165) is 19.0 Å². The minimum absolute atomic E-state index is 0.0285. The Hall–Kier alpha value is -1.57. The maximum absolute atomic E-state index is 12.8. The van der Waals surface area contributed by atoms with Crippen LogP contribution in [0, 0.1) is 0 Å². The van der Waals surface area contributed by atoms with Crippen LogP contribution in [-0.4, -0.2) is 45.8 Å². The highest BCUT2D eigenvalue weighted by Gasteiger charge is 2.55. The number of rotatable bonds is 2. The molecule has 1 aliphatic heterocycles. The third-order valence-corrected chi connectivity index (χ3v) is 3.70. The van der Waals surface area contributed by atoms with Crippen LogP contribution in [0.1, 0.15) is 31.4 Å². The zero-order chi connectivity index (χ0) is 15.0. The molecule has 0 aliphatic carbocycles. The molecule has 5 nitrogen and oxygen atoms in total. The van der Waals surface area contributed by atoms with Gasteiger partial charge < -0.3 is 10.6 Å². The molecule has 0 aromatic carbocycles. The summed E-state index contributed by atoms with van der Waals surface area (Å²) in [6.07, 6.45) is -1.73. The van der Waals surface area contributed by atoms with Gasteiger partial charge in [0.1, 0.15) is 0 Å². The highest BCUT2D eigenvalue weighted by molar-refractivity contribution is 5.86. The number of amides is 1. The van der Waals surface area contributed by atoms with E-state index in [9.17, 15) is 18.0 Å². The molecular formula is C12H17F3N4O. The summed E-state index contributed by atoms with van der Waals surface area (Å²) in [5, 5.41) is 6.62. The van der Waals surface area contributed by atoms with Crippen LogP contribution in [0.25, 0.3) is 0 Å². The molecule has 1 aromatic heterocycles. The number of piperidine rings is 1. The number of H-pyrrole nitrogens is 1. The number of nitrogens with zero attached hydrogens (tertiary/aromatic N) is 2. The van der Waals surface area contributed by atoms with Crippen LogP contribution in [-0.2, 0) is 4.79 Å². The zero-order valence-corrected chi connectivity index (χ0v) is 11.1. The molecule has 3 N–H and O–H groups in total. The molecule has 20 heavy (non-hydrogen) atoms. The second-order valence-electron chi connectivity index (χ2n) is 5.30. The van der Waals surface area contributed by atoms with Crippen molar-refractivity contribution in [3.63, 3.8) is 0 Å². The highest BCUT2D eigenvalue weighted by atomic mass is 19.4. The molecule has 0 radical (unpaired) electrons. The molecule has 1 aliphatic rings. The van der Waals surface area contributed by atoms with Crippen molar-refractivity contribution in [3.8, 4) is 0 Å². The summed E-state index contributed by atoms with van der Waals surface area (Å²) in [4.78, 5) is 13.2. The maximum Gasteiger partial charge on any atom is 0.415 e. The number of hydrogen-bond donors (Lipinski definition) is 2. The van der Waals surface area contributed by atoms with Crippen molar-refractivity contribution in [2.75, 3.05) is 13.1 Å². The van der Waals surface area contributed by atoms with Crippen molar-refractivity contribution in [2.45, 2.75) is 37.4 Å². The Kier molecular flexibility index (Phi) is 3.77. The summed E-state index contributed by atoms with van der Waals surface area (Å²) in [5.41, 5.74) is 3.18. The van der Waals surface area contributed by atoms with E-state index < -0.39 is 17.6 Å². The molecule has 2 unspecified atom stereocenters. The molecule has 1 amide bonds. The lowest BCUT2D eigenvalue weighted by Gasteiger charge is -2.37. The van der Waals surface area contributed by atoms with Gasteiger partial charge in [-0.2, -0.15) is 18.3 Å². The second kappa shape index (κ2) is 5.08. The number of likely N-dealkylation sites (tertiary alicyclic amines) is 1. The Labute approximate surface area is 114 Å². The SMILES string of the molecule is CC(N)(C(=O)N1CCCC(c2ccn[nH]2)C1)C(F)(F)F. The van der Waals surface area contributed by atoms with Crippen LogP contribution in [0.15, 0.2) is 12.3 Å². The number of nitrogens with one attached hydrogen (secondary N) is 1. The summed E-state index contributed by atoms with van der Waals surface area (Å²) in [6.45, 7) is 1.24. The largest absolute Gasteiger partial charge is 0.415 e. The lowest BCUT2D eigenvalue weighted by molar-refractivity contribution is -0.194. The third-order valence-electron chi connectivity index (χ3n) is 3.70. The quantitative estimate of drug-likeness (QED) is 0.864. The van der Waals surface area contributed by atoms with E-state index in [1.807, 2.05) is 0 Å². The van der Waals surface area contributed by atoms with E-state index in [4.69, 9.17) is 5.73 Å². The van der Waals surface area contributed by atoms with Gasteiger partial charge in [-0.25, -0.2) is 0 Å². The number of hydrogen-bond acceptors (Lipinski definition) is 3. The lowest BCUT2D eigenvalue weighted by atomic mass is 9.92. The number of carbonyl (C=O) groups excluding carboxylic acids is 1. The molecule has 1 fully saturated rings. The average Bonchev–Trinajstić information content (AvgIpc) is 2.90. The third kappa shape index (κ3) is 2.65. The van der Waals surface area contributed by atoms with Gasteiger partial charge in [-0.3, -0.25) is 9.89 Å². The first-order valence-electron chi connectivity index (χ1n) is 6.37. The van der Waals surface area contributed by atoms with Gasteiger partial charge in [-0.15, -0.1) is 0 Å². The van der Waals surface area contributed by atoms with Crippen molar-refractivity contribution in [2.24, 2.45) is 5.73 Å². The fraction of sp³-hybridized carbons (Fsp3) is 0.667. The van der Waals surface area contributed by atoms with Gasteiger partial charge in [0.2, 0.25) is 0 Å². The Morgan fingerprint density at radius 1 is 1.55 bits per heavy atom. The van der Waals surface area contributed by atoms with Crippen LogP contribution in [0.2, 0.25) is 0 Å². The van der Waals surface area contributed by atoms with Crippen molar-refractivity contribution in [1.82, 2.24) is 15.1 Å². The molecule has 2 heterocycles. The standard InChI is InChI=1S/C12H17F3N4O/c1-11(16,12(13,14)15)10(20)19-6-2-3-8(7-19)9-4-5-17-18-9/h4-5,8H,2-3,6-7,16H2,1H3,(H,17,18). The molecule has 1 saturated heterocycles. The number of carbonyl (C=O) groups is 1. The van der Waals surface area contributed by atoms with Crippen molar-refractivity contribution in [1.29, 1.82) is 0 Å². The number of halogens is 3. The number of aromatic nitrogens is 2. The number of alkyl halides is 3. The molecule has 1 aromatic rings. The number of nitrogens with two attached hydrogens (primary N) is 1. The van der Waals surface area contributed by atoms with Crippen LogP contribution in [0.4, 0.5) is 13.2 Å². The van der Waals surface area contributed by atoms with Gasteiger partial charge >= 0.3 is 6.18 Å². The van der Waals surface area contributed by atoms with Crippen molar-refractivity contribution in [3.05, 3.63) is 18.0 Å². The van der Waals surface area contributed by atoms with Gasteiger partial charge in [-0.1, -0.05) is 0 Å². The smallest absolute Gasteiger partial charge is 0.340 e. The normalized spacial score (nSPS) is 23.4. The van der Waals surface area contributed by atoms with E-state index >= 15 is 0 Å². The second-order valence-corrected chi connectivity index (χ2v) is 5.30. The van der Waals surface area contributed by atoms with Crippen LogP contribution >= 0.6 is 0 Å². The summed E-state index contributed by atoms with van der Waals surface area (Å²) >= 11 is 0. The highest BCUT2D eigenvalue weighted by Crippen LogP contribution is 2.32. The molecular weight excluding hydrogens is 273 g/mol. The van der Waals surface area contributed by atoms with Crippen LogP contribution in [0.5, 0.6) is 0 Å². The Morgan fingerprint density at radius 2 is 2.25 bits per heavy atom. The van der Waals surface area contributed by atoms with E-state index in [-0.39, 0.29) is 12.5 Å². The summed E-state index contributed by atoms with van der Waals surface area (Å²) in [5.74, 6) is -1.10. The lowest BCUT2D eigenvalue weighted by Crippen LogP contribution is -2.63. The van der Waals surface area contributed by atoms with Gasteiger partial charge in [0.25, 0.3) is 5.91 Å². The maximum atomic E-state index is 12.8. The molecule has 0 spiro atoms. The van der Waals surface area contributed by atoms with Gasteiger partial charge in [-0.05, 0) is 25.8 Å². The van der Waals surface area contributed by atoms with Crippen molar-refractivity contribution >= 4 is 5.91 Å². The van der Waals surface area contributed by atoms with Crippen molar-refractivity contribution < 1.29 is 18.0 Å². The Bertz CT molecular complexity index is 470. The number of aromatic amines is 1. The Morgan fingerprint density at radius 3 is 2.80 bits per heavy atom. The van der Waals surface area contributed by atoms with E-state index in [2.05, 4.69) is 10.2 Å². The molecule has 8 heteroatoms. The fourth-order valence-electron chi connectivity index (χ4n) is 2.36. The molecule has 2 atom stereocenters.